The molecule has 1 fully saturated rings. The summed E-state index contributed by atoms with van der Waals surface area (Å²) < 4.78 is 1.95. The summed E-state index contributed by atoms with van der Waals surface area (Å²) in [7, 11) is 0. The number of aryl methyl sites for hydroxylation is 3. The van der Waals surface area contributed by atoms with E-state index in [1.165, 1.54) is 5.56 Å². The highest BCUT2D eigenvalue weighted by Crippen LogP contribution is 2.31. The van der Waals surface area contributed by atoms with Gasteiger partial charge in [0.05, 0.1) is 0 Å². The first-order valence-electron chi connectivity index (χ1n) is 13.9. The highest BCUT2D eigenvalue weighted by molar-refractivity contribution is 6.47. The van der Waals surface area contributed by atoms with Gasteiger partial charge in [-0.2, -0.15) is 0 Å². The number of nitrogens with one attached hydrogen (secondary N) is 1. The van der Waals surface area contributed by atoms with Gasteiger partial charge in [-0.15, -0.1) is 0 Å². The largest absolute Gasteiger partial charge is 0.368 e. The zero-order chi connectivity index (χ0) is 28.4. The molecule has 1 aliphatic heterocycles. The van der Waals surface area contributed by atoms with Crippen molar-refractivity contribution in [3.8, 4) is 11.1 Å². The molecule has 2 aromatic carbocycles. The Morgan fingerprint density at radius 2 is 1.48 bits per heavy atom. The normalized spacial score (nSPS) is 13.6. The van der Waals surface area contributed by atoms with Crippen molar-refractivity contribution in [2.75, 3.05) is 41.3 Å². The van der Waals surface area contributed by atoms with Crippen LogP contribution in [-0.2, 0) is 4.79 Å². The number of rotatable bonds is 7. The van der Waals surface area contributed by atoms with Crippen LogP contribution in [0.3, 0.4) is 0 Å². The molecule has 0 bridgehead atoms. The number of hydrogen-bond donors (Lipinski definition) is 1. The standard InChI is InChI=1S/C33H37N5O2/c1-22(2)38-25(5)21-29(26-9-7-6-8-10-26)31(38)32(39)33(40)35-27-11-13-28(14-12-27)36-15-17-37(18-16-36)30-20-23(3)19-24(4)34-30/h6-14,19-22H,15-18H2,1-5H3,(H,35,40). The molecule has 7 heteroatoms. The van der Waals surface area contributed by atoms with Crippen molar-refractivity contribution in [2.45, 2.75) is 40.7 Å². The number of carbonyl (C=O) groups is 2. The fourth-order valence-corrected chi connectivity index (χ4v) is 5.61. The molecule has 2 aromatic heterocycles. The number of pyridine rings is 1. The molecule has 0 unspecified atom stereocenters. The van der Waals surface area contributed by atoms with Crippen molar-refractivity contribution in [1.82, 2.24) is 9.55 Å². The minimum atomic E-state index is -0.639. The zero-order valence-corrected chi connectivity index (χ0v) is 23.9. The number of ketones is 1. The molecule has 0 aliphatic carbocycles. The molecule has 1 amide bonds. The highest BCUT2D eigenvalue weighted by atomic mass is 16.2. The lowest BCUT2D eigenvalue weighted by molar-refractivity contribution is -0.112. The monoisotopic (exact) mass is 535 g/mol. The molecule has 1 aliphatic rings. The fourth-order valence-electron chi connectivity index (χ4n) is 5.61. The van der Waals surface area contributed by atoms with Crippen LogP contribution in [0.2, 0.25) is 0 Å². The quantitative estimate of drug-likeness (QED) is 0.225. The summed E-state index contributed by atoms with van der Waals surface area (Å²) in [6.45, 7) is 13.7. The van der Waals surface area contributed by atoms with Crippen LogP contribution in [0.15, 0.2) is 72.8 Å². The van der Waals surface area contributed by atoms with Crippen LogP contribution in [0, 0.1) is 20.8 Å². The van der Waals surface area contributed by atoms with Gasteiger partial charge in [-0.1, -0.05) is 30.3 Å². The van der Waals surface area contributed by atoms with Gasteiger partial charge >= 0.3 is 0 Å². The van der Waals surface area contributed by atoms with Crippen LogP contribution in [0.4, 0.5) is 17.2 Å². The molecule has 0 atom stereocenters. The lowest BCUT2D eigenvalue weighted by Crippen LogP contribution is -2.46. The predicted molar refractivity (Wildman–Crippen MR) is 163 cm³/mol. The van der Waals surface area contributed by atoms with E-state index in [4.69, 9.17) is 4.98 Å². The molecule has 1 saturated heterocycles. The molecule has 206 valence electrons. The van der Waals surface area contributed by atoms with Gasteiger partial charge in [0.1, 0.15) is 11.5 Å². The summed E-state index contributed by atoms with van der Waals surface area (Å²) in [6.07, 6.45) is 0. The van der Waals surface area contributed by atoms with Gasteiger partial charge in [0.25, 0.3) is 11.7 Å². The Bertz CT molecular complexity index is 1490. The first kappa shape index (κ1) is 27.2. The first-order valence-corrected chi connectivity index (χ1v) is 13.9. The zero-order valence-electron chi connectivity index (χ0n) is 23.9. The Kier molecular flexibility index (Phi) is 7.74. The second kappa shape index (κ2) is 11.4. The average Bonchev–Trinajstić information content (AvgIpc) is 3.30. The lowest BCUT2D eigenvalue weighted by Gasteiger charge is -2.37. The van der Waals surface area contributed by atoms with Crippen molar-refractivity contribution in [2.24, 2.45) is 0 Å². The Morgan fingerprint density at radius 3 is 2.10 bits per heavy atom. The number of Topliss-reactive ketones (excluding diaryl/α,β-unsaturated/α-hetero) is 1. The Labute approximate surface area is 236 Å². The van der Waals surface area contributed by atoms with E-state index < -0.39 is 11.7 Å². The number of nitrogens with zero attached hydrogens (tertiary/aromatic N) is 4. The maximum atomic E-state index is 13.5. The predicted octanol–water partition coefficient (Wildman–Crippen LogP) is 6.20. The van der Waals surface area contributed by atoms with Gasteiger partial charge in [0, 0.05) is 60.5 Å². The molecular weight excluding hydrogens is 498 g/mol. The van der Waals surface area contributed by atoms with E-state index in [0.717, 1.165) is 60.2 Å². The van der Waals surface area contributed by atoms with Crippen LogP contribution in [0.25, 0.3) is 11.1 Å². The smallest absolute Gasteiger partial charge is 0.298 e. The molecule has 7 nitrogen and oxygen atoms in total. The SMILES string of the molecule is Cc1cc(C)nc(N2CCN(c3ccc(NC(=O)C(=O)c4c(-c5ccccc5)cc(C)n4C(C)C)cc3)CC2)c1. The minimum absolute atomic E-state index is 0.0367. The molecule has 0 radical (unpaired) electrons. The van der Waals surface area contributed by atoms with E-state index in [1.54, 1.807) is 0 Å². The summed E-state index contributed by atoms with van der Waals surface area (Å²) in [5, 5.41) is 2.83. The van der Waals surface area contributed by atoms with Crippen molar-refractivity contribution in [3.63, 3.8) is 0 Å². The van der Waals surface area contributed by atoms with E-state index in [1.807, 2.05) is 92.9 Å². The maximum Gasteiger partial charge on any atom is 0.298 e. The van der Waals surface area contributed by atoms with Crippen molar-refractivity contribution in [3.05, 3.63) is 95.4 Å². The van der Waals surface area contributed by atoms with Crippen LogP contribution in [0.5, 0.6) is 0 Å². The fraction of sp³-hybridized carbons (Fsp3) is 0.303. The summed E-state index contributed by atoms with van der Waals surface area (Å²) in [5.74, 6) is -0.144. The number of amides is 1. The van der Waals surface area contributed by atoms with Crippen molar-refractivity contribution < 1.29 is 9.59 Å². The second-order valence-corrected chi connectivity index (χ2v) is 10.8. The Balaban J connectivity index is 1.27. The van der Waals surface area contributed by atoms with Crippen LogP contribution < -0.4 is 15.1 Å². The summed E-state index contributed by atoms with van der Waals surface area (Å²) in [4.78, 5) is 36.1. The van der Waals surface area contributed by atoms with Gasteiger partial charge < -0.3 is 19.7 Å². The third-order valence-corrected chi connectivity index (χ3v) is 7.43. The number of aromatic nitrogens is 2. The van der Waals surface area contributed by atoms with E-state index in [9.17, 15) is 9.59 Å². The van der Waals surface area contributed by atoms with E-state index >= 15 is 0 Å². The van der Waals surface area contributed by atoms with Crippen molar-refractivity contribution in [1.29, 1.82) is 0 Å². The first-order chi connectivity index (χ1) is 19.2. The van der Waals surface area contributed by atoms with Gasteiger partial charge in [-0.05, 0) is 88.2 Å². The summed E-state index contributed by atoms with van der Waals surface area (Å²) >= 11 is 0. The van der Waals surface area contributed by atoms with E-state index in [0.29, 0.717) is 11.4 Å². The van der Waals surface area contributed by atoms with Crippen LogP contribution in [0.1, 0.15) is 47.3 Å². The van der Waals surface area contributed by atoms with Gasteiger partial charge in [0.2, 0.25) is 0 Å². The van der Waals surface area contributed by atoms with Gasteiger partial charge in [-0.25, -0.2) is 4.98 Å². The third kappa shape index (κ3) is 5.64. The highest BCUT2D eigenvalue weighted by Gasteiger charge is 2.27. The second-order valence-electron chi connectivity index (χ2n) is 10.8. The molecule has 1 N–H and O–H groups in total. The number of carbonyl (C=O) groups excluding carboxylic acids is 2. The van der Waals surface area contributed by atoms with Crippen LogP contribution in [-0.4, -0.2) is 47.4 Å². The number of anilines is 3. The molecule has 3 heterocycles. The van der Waals surface area contributed by atoms with E-state index in [2.05, 4.69) is 34.2 Å². The average molecular weight is 536 g/mol. The molecule has 40 heavy (non-hydrogen) atoms. The number of hydrogen-bond acceptors (Lipinski definition) is 5. The van der Waals surface area contributed by atoms with Crippen LogP contribution >= 0.6 is 0 Å². The van der Waals surface area contributed by atoms with E-state index in [-0.39, 0.29) is 6.04 Å². The van der Waals surface area contributed by atoms with Crippen molar-refractivity contribution >= 4 is 28.9 Å². The Hall–Kier alpha value is -4.39. The molecule has 4 aromatic rings. The Morgan fingerprint density at radius 1 is 0.825 bits per heavy atom. The number of benzene rings is 2. The molecular formula is C33H37N5O2. The topological polar surface area (TPSA) is 70.5 Å². The molecule has 5 rings (SSSR count). The molecule has 0 spiro atoms. The maximum absolute atomic E-state index is 13.5. The van der Waals surface area contributed by atoms with Gasteiger partial charge in [0.15, 0.2) is 0 Å². The summed E-state index contributed by atoms with van der Waals surface area (Å²) in [6, 6.07) is 23.7. The van der Waals surface area contributed by atoms with Gasteiger partial charge in [-0.3, -0.25) is 9.59 Å². The number of piperazine rings is 1. The summed E-state index contributed by atoms with van der Waals surface area (Å²) in [5.41, 5.74) is 7.01. The minimum Gasteiger partial charge on any atom is -0.368 e. The lowest BCUT2D eigenvalue weighted by atomic mass is 10.0. The third-order valence-electron chi connectivity index (χ3n) is 7.43. The molecule has 0 saturated carbocycles.